The lowest BCUT2D eigenvalue weighted by molar-refractivity contribution is -0.136. The van der Waals surface area contributed by atoms with E-state index >= 15 is 0 Å². The lowest BCUT2D eigenvalue weighted by Crippen LogP contribution is -2.12. The van der Waals surface area contributed by atoms with Crippen molar-refractivity contribution in [2.75, 3.05) is 6.54 Å². The number of carboxylic acid groups (broad SMARTS) is 1. The summed E-state index contributed by atoms with van der Waals surface area (Å²) in [6, 6.07) is 0. The van der Waals surface area contributed by atoms with Crippen LogP contribution in [-0.4, -0.2) is 23.5 Å². The van der Waals surface area contributed by atoms with E-state index in [9.17, 15) is 9.59 Å². The SMILES string of the molecule is CCC(=O)O.O=C1CCCN1. The van der Waals surface area contributed by atoms with Crippen LogP contribution in [0.25, 0.3) is 0 Å². The lowest BCUT2D eigenvalue weighted by Gasteiger charge is -1.80. The van der Waals surface area contributed by atoms with Gasteiger partial charge in [-0.1, -0.05) is 6.92 Å². The van der Waals surface area contributed by atoms with Gasteiger partial charge in [-0.15, -0.1) is 0 Å². The largest absolute Gasteiger partial charge is 0.481 e. The zero-order chi connectivity index (χ0) is 8.69. The van der Waals surface area contributed by atoms with E-state index in [1.807, 2.05) is 0 Å². The highest BCUT2D eigenvalue weighted by Crippen LogP contribution is 1.93. The molecule has 0 spiro atoms. The summed E-state index contributed by atoms with van der Waals surface area (Å²) in [6.07, 6.45) is 1.98. The maximum atomic E-state index is 10.1. The van der Waals surface area contributed by atoms with E-state index in [0.29, 0.717) is 0 Å². The number of carbonyl (C=O) groups is 2. The normalized spacial score (nSPS) is 14.8. The van der Waals surface area contributed by atoms with Crippen LogP contribution >= 0.6 is 0 Å². The summed E-state index contributed by atoms with van der Waals surface area (Å²) in [5.41, 5.74) is 0. The summed E-state index contributed by atoms with van der Waals surface area (Å²) in [4.78, 5) is 19.5. The first-order valence-corrected chi connectivity index (χ1v) is 3.65. The van der Waals surface area contributed by atoms with Crippen molar-refractivity contribution in [3.63, 3.8) is 0 Å². The van der Waals surface area contributed by atoms with Crippen molar-refractivity contribution in [3.8, 4) is 0 Å². The lowest BCUT2D eigenvalue weighted by atomic mass is 10.4. The molecule has 4 heteroatoms. The van der Waals surface area contributed by atoms with Crippen molar-refractivity contribution in [1.29, 1.82) is 0 Å². The Morgan fingerprint density at radius 1 is 1.73 bits per heavy atom. The van der Waals surface area contributed by atoms with Crippen molar-refractivity contribution < 1.29 is 14.7 Å². The molecule has 1 rings (SSSR count). The first kappa shape index (κ1) is 9.94. The highest BCUT2D eigenvalue weighted by molar-refractivity contribution is 5.77. The molecule has 1 aliphatic rings. The Kier molecular flexibility index (Phi) is 5.15. The fraction of sp³-hybridized carbons (Fsp3) is 0.714. The molecular weight excluding hydrogens is 146 g/mol. The van der Waals surface area contributed by atoms with Crippen LogP contribution in [0, 0.1) is 0 Å². The van der Waals surface area contributed by atoms with Gasteiger partial charge in [-0.25, -0.2) is 0 Å². The number of hydrogen-bond donors (Lipinski definition) is 2. The van der Waals surface area contributed by atoms with Crippen LogP contribution in [0.3, 0.4) is 0 Å². The van der Waals surface area contributed by atoms with Crippen LogP contribution in [0.15, 0.2) is 0 Å². The molecule has 0 bridgehead atoms. The number of aliphatic carboxylic acids is 1. The number of carbonyl (C=O) groups excluding carboxylic acids is 1. The minimum absolute atomic E-state index is 0.204. The zero-order valence-corrected chi connectivity index (χ0v) is 6.59. The fourth-order valence-electron chi connectivity index (χ4n) is 0.565. The van der Waals surface area contributed by atoms with Crippen LogP contribution in [0.4, 0.5) is 0 Å². The Hall–Kier alpha value is -1.06. The summed E-state index contributed by atoms with van der Waals surface area (Å²) in [5.74, 6) is -0.542. The Bertz CT molecular complexity index is 137. The zero-order valence-electron chi connectivity index (χ0n) is 6.59. The quantitative estimate of drug-likeness (QED) is 0.581. The highest BCUT2D eigenvalue weighted by Gasteiger charge is 2.05. The van der Waals surface area contributed by atoms with Gasteiger partial charge in [-0.3, -0.25) is 9.59 Å². The van der Waals surface area contributed by atoms with E-state index in [-0.39, 0.29) is 12.3 Å². The topological polar surface area (TPSA) is 66.4 Å². The van der Waals surface area contributed by atoms with Gasteiger partial charge in [0.1, 0.15) is 0 Å². The summed E-state index contributed by atoms with van der Waals surface area (Å²) >= 11 is 0. The summed E-state index contributed by atoms with van der Waals surface area (Å²) in [5, 5.41) is 10.4. The van der Waals surface area contributed by atoms with Crippen LogP contribution < -0.4 is 5.32 Å². The minimum Gasteiger partial charge on any atom is -0.481 e. The van der Waals surface area contributed by atoms with Gasteiger partial charge in [-0.05, 0) is 6.42 Å². The van der Waals surface area contributed by atoms with Crippen molar-refractivity contribution in [2.24, 2.45) is 0 Å². The Labute approximate surface area is 65.6 Å². The van der Waals surface area contributed by atoms with Crippen LogP contribution in [-0.2, 0) is 9.59 Å². The van der Waals surface area contributed by atoms with E-state index in [4.69, 9.17) is 5.11 Å². The summed E-state index contributed by atoms with van der Waals surface area (Å²) in [7, 11) is 0. The predicted molar refractivity (Wildman–Crippen MR) is 40.2 cm³/mol. The maximum Gasteiger partial charge on any atom is 0.303 e. The van der Waals surface area contributed by atoms with Crippen molar-refractivity contribution in [2.45, 2.75) is 26.2 Å². The molecule has 64 valence electrons. The molecule has 11 heavy (non-hydrogen) atoms. The molecular formula is C7H13NO3. The Morgan fingerprint density at radius 3 is 2.36 bits per heavy atom. The molecule has 0 saturated carbocycles. The molecule has 1 fully saturated rings. The number of carboxylic acids is 1. The van der Waals surface area contributed by atoms with Gasteiger partial charge < -0.3 is 10.4 Å². The Morgan fingerprint density at radius 2 is 2.27 bits per heavy atom. The molecule has 2 N–H and O–H groups in total. The molecule has 1 saturated heterocycles. The molecule has 0 aliphatic carbocycles. The van der Waals surface area contributed by atoms with Gasteiger partial charge >= 0.3 is 5.97 Å². The van der Waals surface area contributed by atoms with E-state index in [2.05, 4.69) is 5.32 Å². The van der Waals surface area contributed by atoms with Crippen LogP contribution in [0.2, 0.25) is 0 Å². The van der Waals surface area contributed by atoms with Gasteiger partial charge in [0, 0.05) is 19.4 Å². The van der Waals surface area contributed by atoms with E-state index in [1.165, 1.54) is 0 Å². The first-order chi connectivity index (χ1) is 5.16. The van der Waals surface area contributed by atoms with Gasteiger partial charge in [-0.2, -0.15) is 0 Å². The van der Waals surface area contributed by atoms with Gasteiger partial charge in [0.15, 0.2) is 0 Å². The maximum absolute atomic E-state index is 10.1. The molecule has 1 heterocycles. The van der Waals surface area contributed by atoms with Crippen molar-refractivity contribution >= 4 is 11.9 Å². The van der Waals surface area contributed by atoms with E-state index < -0.39 is 5.97 Å². The average Bonchev–Trinajstić information content (AvgIpc) is 2.41. The molecule has 0 unspecified atom stereocenters. The monoisotopic (exact) mass is 159 g/mol. The highest BCUT2D eigenvalue weighted by atomic mass is 16.4. The predicted octanol–water partition coefficient (Wildman–Crippen LogP) is 0.377. The first-order valence-electron chi connectivity index (χ1n) is 3.65. The third kappa shape index (κ3) is 6.83. The molecule has 0 radical (unpaired) electrons. The average molecular weight is 159 g/mol. The van der Waals surface area contributed by atoms with Crippen molar-refractivity contribution in [1.82, 2.24) is 5.32 Å². The number of nitrogens with one attached hydrogen (secondary N) is 1. The number of amides is 1. The van der Waals surface area contributed by atoms with E-state index in [1.54, 1.807) is 6.92 Å². The molecule has 0 atom stereocenters. The molecule has 1 aliphatic heterocycles. The second kappa shape index (κ2) is 5.70. The number of hydrogen-bond acceptors (Lipinski definition) is 2. The minimum atomic E-state index is -0.745. The third-order valence-corrected chi connectivity index (χ3v) is 1.21. The van der Waals surface area contributed by atoms with Crippen molar-refractivity contribution in [3.05, 3.63) is 0 Å². The number of rotatable bonds is 1. The molecule has 4 nitrogen and oxygen atoms in total. The molecule has 0 aromatic heterocycles. The second-order valence-corrected chi connectivity index (χ2v) is 2.20. The summed E-state index contributed by atoms with van der Waals surface area (Å²) in [6.45, 7) is 2.49. The van der Waals surface area contributed by atoms with Gasteiger partial charge in [0.05, 0.1) is 0 Å². The third-order valence-electron chi connectivity index (χ3n) is 1.21. The molecule has 0 aromatic carbocycles. The van der Waals surface area contributed by atoms with Gasteiger partial charge in [0.25, 0.3) is 0 Å². The van der Waals surface area contributed by atoms with Gasteiger partial charge in [0.2, 0.25) is 5.91 Å². The smallest absolute Gasteiger partial charge is 0.303 e. The summed E-state index contributed by atoms with van der Waals surface area (Å²) < 4.78 is 0. The standard InChI is InChI=1S/C4H7NO.C3H6O2/c6-4-2-1-3-5-4;1-2-3(4)5/h1-3H2,(H,5,6);2H2,1H3,(H,4,5). The molecule has 0 aromatic rings. The van der Waals surface area contributed by atoms with Crippen LogP contribution in [0.5, 0.6) is 0 Å². The molecule has 1 amide bonds. The second-order valence-electron chi connectivity index (χ2n) is 2.20. The van der Waals surface area contributed by atoms with Crippen LogP contribution in [0.1, 0.15) is 26.2 Å². The Balaban J connectivity index is 0.000000187. The van der Waals surface area contributed by atoms with E-state index in [0.717, 1.165) is 19.4 Å². The fourth-order valence-corrected chi connectivity index (χ4v) is 0.565.